The molecule has 3 aliphatic heterocycles. The molecule has 2 unspecified atom stereocenters. The largest absolute Gasteiger partial charge is 0.322 e. The van der Waals surface area contributed by atoms with Crippen molar-refractivity contribution in [2.24, 2.45) is 11.3 Å². The lowest BCUT2D eigenvalue weighted by atomic mass is 9.81. The van der Waals surface area contributed by atoms with Crippen molar-refractivity contribution >= 4 is 17.7 Å². The molecule has 29 heavy (non-hydrogen) atoms. The third kappa shape index (κ3) is 3.36. The van der Waals surface area contributed by atoms with Crippen molar-refractivity contribution in [3.05, 3.63) is 34.9 Å². The lowest BCUT2D eigenvalue weighted by molar-refractivity contribution is -0.136. The standard InChI is InChI=1S/C22H28N4O3/c27-18-7-6-17(20(28)25-18)26-11-15-3-1-2-14(19(15)21(26)29)10-24-13-22(16-4-5-16)8-9-23-12-22/h1-3,16-17,23-24H,4-13H2,(H,25,27,28). The van der Waals surface area contributed by atoms with Crippen LogP contribution in [0, 0.1) is 11.3 Å². The number of hydrogen-bond acceptors (Lipinski definition) is 5. The maximum absolute atomic E-state index is 13.2. The molecule has 0 radical (unpaired) electrons. The highest BCUT2D eigenvalue weighted by Crippen LogP contribution is 2.48. The molecule has 3 amide bonds. The second-order valence-corrected chi connectivity index (χ2v) is 9.02. The summed E-state index contributed by atoms with van der Waals surface area (Å²) in [6.45, 7) is 4.24. The Morgan fingerprint density at radius 2 is 2.03 bits per heavy atom. The van der Waals surface area contributed by atoms with E-state index < -0.39 is 6.04 Å². The number of nitrogens with one attached hydrogen (secondary N) is 3. The van der Waals surface area contributed by atoms with E-state index in [1.54, 1.807) is 4.90 Å². The molecular formula is C22H28N4O3. The topological polar surface area (TPSA) is 90.5 Å². The van der Waals surface area contributed by atoms with Crippen LogP contribution in [0.3, 0.4) is 0 Å². The SMILES string of the molecule is O=C1CCC(N2Cc3cccc(CNCC4(C5CC5)CCNC4)c3C2=O)C(=O)N1. The maximum Gasteiger partial charge on any atom is 0.255 e. The molecule has 3 heterocycles. The van der Waals surface area contributed by atoms with E-state index in [0.29, 0.717) is 24.9 Å². The van der Waals surface area contributed by atoms with E-state index in [-0.39, 0.29) is 24.1 Å². The van der Waals surface area contributed by atoms with Crippen LogP contribution >= 0.6 is 0 Å². The Labute approximate surface area is 170 Å². The van der Waals surface area contributed by atoms with Gasteiger partial charge < -0.3 is 15.5 Å². The summed E-state index contributed by atoms with van der Waals surface area (Å²) in [5, 5.41) is 9.51. The Morgan fingerprint density at radius 3 is 2.76 bits per heavy atom. The fourth-order valence-electron chi connectivity index (χ4n) is 5.39. The van der Waals surface area contributed by atoms with Crippen LogP contribution in [-0.4, -0.2) is 48.3 Å². The molecule has 0 bridgehead atoms. The summed E-state index contributed by atoms with van der Waals surface area (Å²) in [5.41, 5.74) is 3.06. The van der Waals surface area contributed by atoms with Gasteiger partial charge in [0.1, 0.15) is 6.04 Å². The zero-order chi connectivity index (χ0) is 20.0. The van der Waals surface area contributed by atoms with Crippen molar-refractivity contribution in [2.45, 2.75) is 51.2 Å². The number of amides is 3. The van der Waals surface area contributed by atoms with Crippen molar-refractivity contribution in [1.82, 2.24) is 20.9 Å². The van der Waals surface area contributed by atoms with Crippen LogP contribution in [0.1, 0.15) is 53.6 Å². The fourth-order valence-corrected chi connectivity index (χ4v) is 5.39. The number of nitrogens with zero attached hydrogens (tertiary/aromatic N) is 1. The third-order valence-electron chi connectivity index (χ3n) is 7.15. The smallest absolute Gasteiger partial charge is 0.255 e. The van der Waals surface area contributed by atoms with Gasteiger partial charge in [0, 0.05) is 38.2 Å². The third-order valence-corrected chi connectivity index (χ3v) is 7.15. The molecule has 1 saturated carbocycles. The van der Waals surface area contributed by atoms with Gasteiger partial charge in [0.05, 0.1) is 0 Å². The average molecular weight is 396 g/mol. The van der Waals surface area contributed by atoms with Crippen LogP contribution < -0.4 is 16.0 Å². The molecule has 3 fully saturated rings. The first-order valence-electron chi connectivity index (χ1n) is 10.7. The highest BCUT2D eigenvalue weighted by atomic mass is 16.2. The monoisotopic (exact) mass is 396 g/mol. The molecule has 5 rings (SSSR count). The summed E-state index contributed by atoms with van der Waals surface area (Å²) in [6, 6.07) is 5.41. The van der Waals surface area contributed by atoms with Gasteiger partial charge in [-0.1, -0.05) is 18.2 Å². The maximum atomic E-state index is 13.2. The van der Waals surface area contributed by atoms with Crippen molar-refractivity contribution < 1.29 is 14.4 Å². The predicted octanol–water partition coefficient (Wildman–Crippen LogP) is 0.927. The molecule has 2 atom stereocenters. The minimum atomic E-state index is -0.559. The van der Waals surface area contributed by atoms with Gasteiger partial charge in [-0.2, -0.15) is 0 Å². The Hall–Kier alpha value is -2.25. The summed E-state index contributed by atoms with van der Waals surface area (Å²) in [6.07, 6.45) is 4.57. The minimum Gasteiger partial charge on any atom is -0.322 e. The quantitative estimate of drug-likeness (QED) is 0.623. The Balaban J connectivity index is 1.28. The zero-order valence-electron chi connectivity index (χ0n) is 16.6. The first-order valence-corrected chi connectivity index (χ1v) is 10.7. The molecular weight excluding hydrogens is 368 g/mol. The minimum absolute atomic E-state index is 0.0914. The summed E-state index contributed by atoms with van der Waals surface area (Å²) in [4.78, 5) is 38.5. The van der Waals surface area contributed by atoms with Crippen LogP contribution in [-0.2, 0) is 22.7 Å². The molecule has 154 valence electrons. The van der Waals surface area contributed by atoms with E-state index in [0.717, 1.165) is 42.2 Å². The summed E-state index contributed by atoms with van der Waals surface area (Å²) in [7, 11) is 0. The van der Waals surface area contributed by atoms with Crippen molar-refractivity contribution in [2.75, 3.05) is 19.6 Å². The Bertz CT molecular complexity index is 858. The van der Waals surface area contributed by atoms with Gasteiger partial charge in [-0.15, -0.1) is 0 Å². The summed E-state index contributed by atoms with van der Waals surface area (Å²) in [5.74, 6) is 0.121. The number of imide groups is 1. The van der Waals surface area contributed by atoms with Gasteiger partial charge in [0.15, 0.2) is 0 Å². The Kier molecular flexibility index (Phi) is 4.67. The molecule has 4 aliphatic rings. The second kappa shape index (κ2) is 7.22. The molecule has 0 spiro atoms. The average Bonchev–Trinajstić information content (AvgIpc) is 3.37. The van der Waals surface area contributed by atoms with Gasteiger partial charge in [-0.3, -0.25) is 19.7 Å². The van der Waals surface area contributed by atoms with Crippen LogP contribution in [0.4, 0.5) is 0 Å². The van der Waals surface area contributed by atoms with Gasteiger partial charge in [0.2, 0.25) is 11.8 Å². The molecule has 3 N–H and O–H groups in total. The highest BCUT2D eigenvalue weighted by molar-refractivity contribution is 6.05. The lowest BCUT2D eigenvalue weighted by Gasteiger charge is -2.29. The number of piperidine rings is 1. The fraction of sp³-hybridized carbons (Fsp3) is 0.591. The first kappa shape index (κ1) is 18.8. The van der Waals surface area contributed by atoms with Gasteiger partial charge in [-0.25, -0.2) is 0 Å². The number of carbonyl (C=O) groups is 3. The van der Waals surface area contributed by atoms with Crippen molar-refractivity contribution in [3.63, 3.8) is 0 Å². The number of hydrogen-bond donors (Lipinski definition) is 3. The molecule has 1 aromatic carbocycles. The van der Waals surface area contributed by atoms with Crippen LogP contribution in [0.15, 0.2) is 18.2 Å². The lowest BCUT2D eigenvalue weighted by Crippen LogP contribution is -2.52. The summed E-state index contributed by atoms with van der Waals surface area (Å²) >= 11 is 0. The van der Waals surface area contributed by atoms with E-state index in [1.165, 1.54) is 19.3 Å². The molecule has 7 nitrogen and oxygen atoms in total. The Morgan fingerprint density at radius 1 is 1.17 bits per heavy atom. The molecule has 7 heteroatoms. The molecule has 0 aromatic heterocycles. The summed E-state index contributed by atoms with van der Waals surface area (Å²) < 4.78 is 0. The van der Waals surface area contributed by atoms with Crippen LogP contribution in [0.2, 0.25) is 0 Å². The van der Waals surface area contributed by atoms with E-state index in [2.05, 4.69) is 16.0 Å². The number of rotatable bonds is 6. The van der Waals surface area contributed by atoms with E-state index >= 15 is 0 Å². The zero-order valence-corrected chi connectivity index (χ0v) is 16.6. The molecule has 2 saturated heterocycles. The van der Waals surface area contributed by atoms with Crippen molar-refractivity contribution in [3.8, 4) is 0 Å². The first-order chi connectivity index (χ1) is 14.1. The van der Waals surface area contributed by atoms with Crippen LogP contribution in [0.25, 0.3) is 0 Å². The van der Waals surface area contributed by atoms with Gasteiger partial charge in [-0.05, 0) is 54.7 Å². The number of benzene rings is 1. The molecule has 1 aliphatic carbocycles. The highest BCUT2D eigenvalue weighted by Gasteiger charge is 2.46. The normalized spacial score (nSPS) is 29.3. The van der Waals surface area contributed by atoms with Crippen LogP contribution in [0.5, 0.6) is 0 Å². The van der Waals surface area contributed by atoms with Gasteiger partial charge in [0.25, 0.3) is 5.91 Å². The second-order valence-electron chi connectivity index (χ2n) is 9.02. The van der Waals surface area contributed by atoms with E-state index in [9.17, 15) is 14.4 Å². The van der Waals surface area contributed by atoms with Gasteiger partial charge >= 0.3 is 0 Å². The molecule has 1 aromatic rings. The number of fused-ring (bicyclic) bond motifs is 1. The predicted molar refractivity (Wildman–Crippen MR) is 107 cm³/mol. The van der Waals surface area contributed by atoms with E-state index in [4.69, 9.17) is 0 Å². The number of carbonyl (C=O) groups excluding carboxylic acids is 3. The van der Waals surface area contributed by atoms with E-state index in [1.807, 2.05) is 18.2 Å². The van der Waals surface area contributed by atoms with Crippen molar-refractivity contribution in [1.29, 1.82) is 0 Å².